The maximum absolute atomic E-state index is 12.4. The fraction of sp³-hybridized carbons (Fsp3) is 0.158. The van der Waals surface area contributed by atoms with Crippen molar-refractivity contribution in [3.8, 4) is 5.75 Å². The number of hydrogen-bond donors (Lipinski definition) is 2. The Morgan fingerprint density at radius 2 is 1.88 bits per heavy atom. The molecule has 3 rings (SSSR count). The van der Waals surface area contributed by atoms with Crippen molar-refractivity contribution in [2.45, 2.75) is 13.0 Å². The van der Waals surface area contributed by atoms with Crippen molar-refractivity contribution >= 4 is 22.8 Å². The Hall–Kier alpha value is -3.28. The third kappa shape index (κ3) is 3.98. The molecule has 0 radical (unpaired) electrons. The van der Waals surface area contributed by atoms with E-state index in [-0.39, 0.29) is 18.6 Å². The number of amides is 2. The molecule has 3 N–H and O–H groups in total. The van der Waals surface area contributed by atoms with Crippen molar-refractivity contribution < 1.29 is 18.7 Å². The van der Waals surface area contributed by atoms with Gasteiger partial charge >= 0.3 is 0 Å². The summed E-state index contributed by atoms with van der Waals surface area (Å²) in [5, 5.41) is 3.89. The molecule has 128 valence electrons. The highest BCUT2D eigenvalue weighted by Crippen LogP contribution is 2.24. The van der Waals surface area contributed by atoms with E-state index in [2.05, 4.69) is 5.32 Å². The van der Waals surface area contributed by atoms with E-state index < -0.39 is 5.91 Å². The maximum atomic E-state index is 12.4. The molecule has 0 saturated heterocycles. The normalized spacial score (nSPS) is 11.9. The standard InChI is InChI=1S/C19H18N2O4/c1-12(17-10-14-4-2-3-5-16(14)25-17)21-19(23)13-6-8-15(9-7-13)24-11-18(20)22/h2-10,12H,11H2,1H3,(H2,20,22)(H,21,23). The molecule has 0 aliphatic rings. The highest BCUT2D eigenvalue weighted by atomic mass is 16.5. The summed E-state index contributed by atoms with van der Waals surface area (Å²) in [5.41, 5.74) is 6.29. The third-order valence-electron chi connectivity index (χ3n) is 3.72. The minimum Gasteiger partial charge on any atom is -0.484 e. The molecular weight excluding hydrogens is 320 g/mol. The van der Waals surface area contributed by atoms with Crippen molar-refractivity contribution in [1.29, 1.82) is 0 Å². The van der Waals surface area contributed by atoms with Crippen LogP contribution in [0.2, 0.25) is 0 Å². The van der Waals surface area contributed by atoms with Crippen LogP contribution in [0.1, 0.15) is 29.1 Å². The summed E-state index contributed by atoms with van der Waals surface area (Å²) in [4.78, 5) is 23.0. The van der Waals surface area contributed by atoms with Crippen LogP contribution in [0.3, 0.4) is 0 Å². The molecular formula is C19H18N2O4. The van der Waals surface area contributed by atoms with Gasteiger partial charge in [-0.25, -0.2) is 0 Å². The van der Waals surface area contributed by atoms with Crippen LogP contribution in [0.4, 0.5) is 0 Å². The monoisotopic (exact) mass is 338 g/mol. The number of para-hydroxylation sites is 1. The van der Waals surface area contributed by atoms with Crippen molar-refractivity contribution in [2.24, 2.45) is 5.73 Å². The first-order chi connectivity index (χ1) is 12.0. The van der Waals surface area contributed by atoms with Gasteiger partial charge in [-0.15, -0.1) is 0 Å². The molecule has 2 aromatic carbocycles. The van der Waals surface area contributed by atoms with Gasteiger partial charge in [0.25, 0.3) is 11.8 Å². The number of primary amides is 1. The lowest BCUT2D eigenvalue weighted by molar-refractivity contribution is -0.119. The van der Waals surface area contributed by atoms with Gasteiger partial charge in [0.15, 0.2) is 6.61 Å². The van der Waals surface area contributed by atoms with Crippen LogP contribution in [0.15, 0.2) is 59.0 Å². The molecule has 0 saturated carbocycles. The van der Waals surface area contributed by atoms with E-state index in [9.17, 15) is 9.59 Å². The number of ether oxygens (including phenoxy) is 1. The van der Waals surface area contributed by atoms with Gasteiger partial charge in [0, 0.05) is 10.9 Å². The minimum atomic E-state index is -0.554. The second-order valence-electron chi connectivity index (χ2n) is 5.66. The SMILES string of the molecule is CC(NC(=O)c1ccc(OCC(N)=O)cc1)c1cc2ccccc2o1. The van der Waals surface area contributed by atoms with Crippen LogP contribution in [0.25, 0.3) is 11.0 Å². The van der Waals surface area contributed by atoms with Gasteiger partial charge in [0.2, 0.25) is 0 Å². The summed E-state index contributed by atoms with van der Waals surface area (Å²) >= 11 is 0. The average molecular weight is 338 g/mol. The quantitative estimate of drug-likeness (QED) is 0.722. The molecule has 6 heteroatoms. The Labute approximate surface area is 144 Å². The summed E-state index contributed by atoms with van der Waals surface area (Å²) in [5.74, 6) is 0.382. The van der Waals surface area contributed by atoms with E-state index in [1.165, 1.54) is 0 Å². The Kier molecular flexibility index (Phi) is 4.70. The van der Waals surface area contributed by atoms with E-state index in [0.717, 1.165) is 11.0 Å². The number of nitrogens with two attached hydrogens (primary N) is 1. The molecule has 0 spiro atoms. The number of fused-ring (bicyclic) bond motifs is 1. The molecule has 0 aliphatic carbocycles. The van der Waals surface area contributed by atoms with Gasteiger partial charge in [0.1, 0.15) is 17.1 Å². The van der Waals surface area contributed by atoms with Crippen molar-refractivity contribution in [3.63, 3.8) is 0 Å². The van der Waals surface area contributed by atoms with Gasteiger partial charge < -0.3 is 20.2 Å². The first-order valence-electron chi connectivity index (χ1n) is 7.83. The average Bonchev–Trinajstić information content (AvgIpc) is 3.04. The van der Waals surface area contributed by atoms with E-state index >= 15 is 0 Å². The predicted molar refractivity (Wildman–Crippen MR) is 93.2 cm³/mol. The van der Waals surface area contributed by atoms with E-state index in [4.69, 9.17) is 14.9 Å². The fourth-order valence-corrected chi connectivity index (χ4v) is 2.42. The lowest BCUT2D eigenvalue weighted by Gasteiger charge is -2.12. The summed E-state index contributed by atoms with van der Waals surface area (Å²) in [6.07, 6.45) is 0. The van der Waals surface area contributed by atoms with E-state index in [1.54, 1.807) is 24.3 Å². The zero-order valence-electron chi connectivity index (χ0n) is 13.7. The van der Waals surface area contributed by atoms with Gasteiger partial charge in [0.05, 0.1) is 6.04 Å². The molecule has 3 aromatic rings. The summed E-state index contributed by atoms with van der Waals surface area (Å²) in [6.45, 7) is 1.66. The molecule has 0 aliphatic heterocycles. The zero-order chi connectivity index (χ0) is 17.8. The molecule has 0 bridgehead atoms. The number of benzene rings is 2. The van der Waals surface area contributed by atoms with E-state index in [1.807, 2.05) is 37.3 Å². The Balaban J connectivity index is 1.65. The first kappa shape index (κ1) is 16.6. The van der Waals surface area contributed by atoms with E-state index in [0.29, 0.717) is 17.1 Å². The maximum Gasteiger partial charge on any atom is 0.255 e. The number of rotatable bonds is 6. The summed E-state index contributed by atoms with van der Waals surface area (Å²) in [6, 6.07) is 15.8. The van der Waals surface area contributed by atoms with Gasteiger partial charge in [-0.2, -0.15) is 0 Å². The number of nitrogens with one attached hydrogen (secondary N) is 1. The van der Waals surface area contributed by atoms with Crippen LogP contribution < -0.4 is 15.8 Å². The largest absolute Gasteiger partial charge is 0.484 e. The molecule has 1 heterocycles. The van der Waals surface area contributed by atoms with Crippen LogP contribution in [-0.2, 0) is 4.79 Å². The number of carbonyl (C=O) groups is 2. The second-order valence-corrected chi connectivity index (χ2v) is 5.66. The molecule has 25 heavy (non-hydrogen) atoms. The van der Waals surface area contributed by atoms with Crippen LogP contribution in [0, 0.1) is 0 Å². The van der Waals surface area contributed by atoms with Crippen LogP contribution in [-0.4, -0.2) is 18.4 Å². The zero-order valence-corrected chi connectivity index (χ0v) is 13.7. The smallest absolute Gasteiger partial charge is 0.255 e. The molecule has 6 nitrogen and oxygen atoms in total. The summed E-state index contributed by atoms with van der Waals surface area (Å²) < 4.78 is 10.9. The highest BCUT2D eigenvalue weighted by molar-refractivity contribution is 5.94. The molecule has 1 atom stereocenters. The van der Waals surface area contributed by atoms with Gasteiger partial charge in [-0.3, -0.25) is 9.59 Å². The highest BCUT2D eigenvalue weighted by Gasteiger charge is 2.15. The third-order valence-corrected chi connectivity index (χ3v) is 3.72. The number of furan rings is 1. The predicted octanol–water partition coefficient (Wildman–Crippen LogP) is 2.79. The van der Waals surface area contributed by atoms with Crippen molar-refractivity contribution in [3.05, 3.63) is 65.9 Å². The number of hydrogen-bond acceptors (Lipinski definition) is 4. The minimum absolute atomic E-state index is 0.200. The Morgan fingerprint density at radius 3 is 2.56 bits per heavy atom. The van der Waals surface area contributed by atoms with Crippen LogP contribution in [0.5, 0.6) is 5.75 Å². The van der Waals surface area contributed by atoms with Crippen molar-refractivity contribution in [2.75, 3.05) is 6.61 Å². The van der Waals surface area contributed by atoms with Crippen molar-refractivity contribution in [1.82, 2.24) is 5.32 Å². The molecule has 0 fully saturated rings. The first-order valence-corrected chi connectivity index (χ1v) is 7.83. The van der Waals surface area contributed by atoms with Gasteiger partial charge in [-0.05, 0) is 43.3 Å². The molecule has 2 amide bonds. The summed E-state index contributed by atoms with van der Waals surface area (Å²) in [7, 11) is 0. The lowest BCUT2D eigenvalue weighted by atomic mass is 10.1. The number of carbonyl (C=O) groups excluding carboxylic acids is 2. The van der Waals surface area contributed by atoms with Gasteiger partial charge in [-0.1, -0.05) is 18.2 Å². The Morgan fingerprint density at radius 1 is 1.16 bits per heavy atom. The lowest BCUT2D eigenvalue weighted by Crippen LogP contribution is -2.26. The fourth-order valence-electron chi connectivity index (χ4n) is 2.42. The molecule has 1 aromatic heterocycles. The topological polar surface area (TPSA) is 94.6 Å². The van der Waals surface area contributed by atoms with Crippen LogP contribution >= 0.6 is 0 Å². The molecule has 1 unspecified atom stereocenters. The Bertz CT molecular complexity index is 866. The second kappa shape index (κ2) is 7.09.